The predicted molar refractivity (Wildman–Crippen MR) is 75.5 cm³/mol. The summed E-state index contributed by atoms with van der Waals surface area (Å²) in [6.07, 6.45) is 7.68. The van der Waals surface area contributed by atoms with Crippen LogP contribution in [-0.4, -0.2) is 30.3 Å². The molecule has 0 amide bonds. The highest BCUT2D eigenvalue weighted by atomic mass is 16.5. The third kappa shape index (κ3) is 2.17. The molecule has 0 radical (unpaired) electrons. The number of rotatable bonds is 5. The monoisotopic (exact) mass is 279 g/mol. The zero-order valence-corrected chi connectivity index (χ0v) is 12.6. The van der Waals surface area contributed by atoms with Crippen molar-refractivity contribution in [3.05, 3.63) is 11.7 Å². The van der Waals surface area contributed by atoms with Gasteiger partial charge in [-0.1, -0.05) is 18.5 Å². The number of nitrogens with one attached hydrogen (secondary N) is 1. The van der Waals surface area contributed by atoms with Gasteiger partial charge in [-0.15, -0.1) is 0 Å². The first-order chi connectivity index (χ1) is 9.75. The number of hydrogen-bond donors (Lipinski definition) is 1. The van der Waals surface area contributed by atoms with E-state index in [2.05, 4.69) is 17.4 Å². The molecule has 0 aromatic carbocycles. The molecule has 1 N–H and O–H groups in total. The van der Waals surface area contributed by atoms with Crippen LogP contribution >= 0.6 is 0 Å². The van der Waals surface area contributed by atoms with Gasteiger partial charge in [0.15, 0.2) is 0 Å². The minimum Gasteiger partial charge on any atom is -0.370 e. The van der Waals surface area contributed by atoms with Crippen LogP contribution < -0.4 is 5.32 Å². The third-order valence-electron chi connectivity index (χ3n) is 5.06. The Labute approximate surface area is 120 Å². The van der Waals surface area contributed by atoms with E-state index >= 15 is 0 Å². The topological polar surface area (TPSA) is 60.2 Å². The van der Waals surface area contributed by atoms with Crippen molar-refractivity contribution >= 4 is 0 Å². The lowest BCUT2D eigenvalue weighted by Crippen LogP contribution is -2.30. The van der Waals surface area contributed by atoms with Crippen molar-refractivity contribution in [2.24, 2.45) is 0 Å². The van der Waals surface area contributed by atoms with Crippen LogP contribution in [0.4, 0.5) is 0 Å². The Morgan fingerprint density at radius 2 is 2.10 bits per heavy atom. The highest BCUT2D eigenvalue weighted by Gasteiger charge is 2.44. The molecule has 1 unspecified atom stereocenters. The third-order valence-corrected chi connectivity index (χ3v) is 5.06. The van der Waals surface area contributed by atoms with E-state index in [0.29, 0.717) is 0 Å². The van der Waals surface area contributed by atoms with Crippen molar-refractivity contribution in [1.29, 1.82) is 0 Å². The van der Waals surface area contributed by atoms with E-state index in [4.69, 9.17) is 14.2 Å². The molecule has 1 aliphatic heterocycles. The molecule has 1 saturated heterocycles. The normalized spacial score (nSPS) is 29.1. The van der Waals surface area contributed by atoms with Crippen molar-refractivity contribution in [2.75, 3.05) is 20.2 Å². The Hall–Kier alpha value is -0.940. The maximum absolute atomic E-state index is 5.75. The maximum Gasteiger partial charge on any atom is 0.234 e. The summed E-state index contributed by atoms with van der Waals surface area (Å²) in [5.74, 6) is 1.57. The van der Waals surface area contributed by atoms with E-state index in [-0.39, 0.29) is 11.0 Å². The Morgan fingerprint density at radius 1 is 1.30 bits per heavy atom. The Bertz CT molecular complexity index is 446. The summed E-state index contributed by atoms with van der Waals surface area (Å²) >= 11 is 0. The first-order valence-electron chi connectivity index (χ1n) is 7.85. The van der Waals surface area contributed by atoms with Gasteiger partial charge in [0.05, 0.1) is 5.41 Å². The second-order valence-corrected chi connectivity index (χ2v) is 6.29. The van der Waals surface area contributed by atoms with Gasteiger partial charge in [0.25, 0.3) is 0 Å². The summed E-state index contributed by atoms with van der Waals surface area (Å²) in [5.41, 5.74) is -0.269. The summed E-state index contributed by atoms with van der Waals surface area (Å²) in [7, 11) is 1.76. The standard InChI is InChI=1S/C15H25N3O2/c1-3-6-14(9-10-16-11-14)13-17-12(18-20-13)15(19-2)7-4-5-8-15/h16H,3-11H2,1-2H3. The van der Waals surface area contributed by atoms with Gasteiger partial charge in [-0.25, -0.2) is 0 Å². The molecule has 1 aromatic heterocycles. The largest absolute Gasteiger partial charge is 0.370 e. The van der Waals surface area contributed by atoms with Gasteiger partial charge in [-0.2, -0.15) is 4.98 Å². The van der Waals surface area contributed by atoms with Crippen molar-refractivity contribution in [1.82, 2.24) is 15.5 Å². The van der Waals surface area contributed by atoms with Crippen molar-refractivity contribution in [3.63, 3.8) is 0 Å². The van der Waals surface area contributed by atoms with Crippen molar-refractivity contribution in [2.45, 2.75) is 62.9 Å². The first kappa shape index (κ1) is 14.0. The van der Waals surface area contributed by atoms with Gasteiger partial charge >= 0.3 is 0 Å². The van der Waals surface area contributed by atoms with Gasteiger partial charge in [0.1, 0.15) is 5.60 Å². The predicted octanol–water partition coefficient (Wildman–Crippen LogP) is 2.52. The molecular formula is C15H25N3O2. The highest BCUT2D eigenvalue weighted by molar-refractivity contribution is 5.13. The van der Waals surface area contributed by atoms with Gasteiger partial charge in [-0.05, 0) is 45.1 Å². The smallest absolute Gasteiger partial charge is 0.234 e. The molecule has 1 saturated carbocycles. The number of ether oxygens (including phenoxy) is 1. The summed E-state index contributed by atoms with van der Waals surface area (Å²) in [4.78, 5) is 4.77. The fourth-order valence-electron chi connectivity index (χ4n) is 3.81. The molecule has 2 fully saturated rings. The van der Waals surface area contributed by atoms with Crippen LogP contribution in [0.15, 0.2) is 4.52 Å². The Morgan fingerprint density at radius 3 is 2.70 bits per heavy atom. The van der Waals surface area contributed by atoms with Crippen molar-refractivity contribution < 1.29 is 9.26 Å². The zero-order chi connectivity index (χ0) is 14.1. The summed E-state index contributed by atoms with van der Waals surface area (Å²) in [6.45, 7) is 4.19. The summed E-state index contributed by atoms with van der Waals surface area (Å²) in [6, 6.07) is 0. The molecular weight excluding hydrogens is 254 g/mol. The molecule has 1 aliphatic carbocycles. The van der Waals surface area contributed by atoms with E-state index in [1.807, 2.05) is 0 Å². The Kier molecular flexibility index (Phi) is 3.82. The lowest BCUT2D eigenvalue weighted by atomic mass is 9.82. The van der Waals surface area contributed by atoms with Crippen molar-refractivity contribution in [3.8, 4) is 0 Å². The fraction of sp³-hybridized carbons (Fsp3) is 0.867. The lowest BCUT2D eigenvalue weighted by Gasteiger charge is -2.24. The summed E-state index contributed by atoms with van der Waals surface area (Å²) < 4.78 is 11.4. The molecule has 112 valence electrons. The number of hydrogen-bond acceptors (Lipinski definition) is 5. The molecule has 2 aliphatic rings. The molecule has 1 aromatic rings. The average Bonchev–Trinajstić information content (AvgIpc) is 3.20. The van der Waals surface area contributed by atoms with Crippen LogP contribution in [0.1, 0.15) is 63.6 Å². The molecule has 0 bridgehead atoms. The second kappa shape index (κ2) is 5.45. The molecule has 20 heavy (non-hydrogen) atoms. The van der Waals surface area contributed by atoms with Crippen LogP contribution in [0, 0.1) is 0 Å². The fourth-order valence-corrected chi connectivity index (χ4v) is 3.81. The van der Waals surface area contributed by atoms with E-state index in [1.165, 1.54) is 12.8 Å². The summed E-state index contributed by atoms with van der Waals surface area (Å²) in [5, 5.41) is 7.71. The molecule has 5 nitrogen and oxygen atoms in total. The van der Waals surface area contributed by atoms with E-state index in [9.17, 15) is 0 Å². The van der Waals surface area contributed by atoms with Gasteiger partial charge in [0.2, 0.25) is 11.7 Å². The number of aromatic nitrogens is 2. The second-order valence-electron chi connectivity index (χ2n) is 6.29. The molecule has 2 heterocycles. The maximum atomic E-state index is 5.75. The van der Waals surface area contributed by atoms with Crippen LogP contribution in [0.5, 0.6) is 0 Å². The quantitative estimate of drug-likeness (QED) is 0.897. The molecule has 5 heteroatoms. The molecule has 3 rings (SSSR count). The van der Waals surface area contributed by atoms with Crippen LogP contribution in [-0.2, 0) is 15.8 Å². The lowest BCUT2D eigenvalue weighted by molar-refractivity contribution is -0.0178. The van der Waals surface area contributed by atoms with E-state index in [1.54, 1.807) is 7.11 Å². The SMILES string of the molecule is CCCC1(c2nc(C3(OC)CCCC3)no2)CCNC1. The van der Waals surface area contributed by atoms with Gasteiger partial charge < -0.3 is 14.6 Å². The zero-order valence-electron chi connectivity index (χ0n) is 12.6. The van der Waals surface area contributed by atoms with E-state index < -0.39 is 0 Å². The first-order valence-corrected chi connectivity index (χ1v) is 7.85. The molecule has 1 atom stereocenters. The molecule has 0 spiro atoms. The van der Waals surface area contributed by atoms with E-state index in [0.717, 1.165) is 56.9 Å². The van der Waals surface area contributed by atoms with Gasteiger partial charge in [-0.3, -0.25) is 0 Å². The van der Waals surface area contributed by atoms with Crippen LogP contribution in [0.2, 0.25) is 0 Å². The minimum absolute atomic E-state index is 0.0353. The average molecular weight is 279 g/mol. The number of nitrogens with zero attached hydrogens (tertiary/aromatic N) is 2. The van der Waals surface area contributed by atoms with Crippen LogP contribution in [0.25, 0.3) is 0 Å². The van der Waals surface area contributed by atoms with Crippen LogP contribution in [0.3, 0.4) is 0 Å². The number of methoxy groups -OCH3 is 1. The Balaban J connectivity index is 1.89. The van der Waals surface area contributed by atoms with Gasteiger partial charge in [0, 0.05) is 13.7 Å². The minimum atomic E-state index is -0.304. The highest BCUT2D eigenvalue weighted by Crippen LogP contribution is 2.42.